The van der Waals surface area contributed by atoms with Gasteiger partial charge in [-0.3, -0.25) is 9.59 Å². The third kappa shape index (κ3) is 2.49. The standard InChI is InChI=1S/C26H19NO5/c28-20(29)13-32-15-11-9-14(10-12-15)27-25(30)23-21-16-5-1-2-6-17(16)22(24(23)26(27)31)19-8-4-3-7-18(19)21/h1-12,21-24H,13H2,(H,28,29)/t21?,22?,23-,24-/m0/s1. The molecule has 0 spiro atoms. The minimum absolute atomic E-state index is 0.142. The van der Waals surface area contributed by atoms with Crippen molar-refractivity contribution in [3.63, 3.8) is 0 Å². The molecule has 0 saturated carbocycles. The van der Waals surface area contributed by atoms with Gasteiger partial charge in [0.15, 0.2) is 6.61 Å². The largest absolute Gasteiger partial charge is 0.482 e. The van der Waals surface area contributed by atoms with E-state index in [2.05, 4.69) is 24.3 Å². The molecule has 7 rings (SSSR count). The van der Waals surface area contributed by atoms with Crippen molar-refractivity contribution in [3.8, 4) is 5.75 Å². The molecule has 2 amide bonds. The van der Waals surface area contributed by atoms with Gasteiger partial charge in [0.1, 0.15) is 5.75 Å². The van der Waals surface area contributed by atoms with Crippen LogP contribution in [-0.2, 0) is 14.4 Å². The molecule has 1 saturated heterocycles. The normalized spacial score (nSPS) is 24.7. The first-order valence-electron chi connectivity index (χ1n) is 10.6. The molecule has 3 aromatic rings. The van der Waals surface area contributed by atoms with Crippen molar-refractivity contribution in [2.75, 3.05) is 11.5 Å². The highest BCUT2D eigenvalue weighted by Crippen LogP contribution is 2.61. The Morgan fingerprint density at radius 2 is 1.19 bits per heavy atom. The molecule has 2 atom stereocenters. The molecule has 1 aliphatic heterocycles. The van der Waals surface area contributed by atoms with Crippen molar-refractivity contribution in [1.82, 2.24) is 0 Å². The van der Waals surface area contributed by atoms with Gasteiger partial charge in [-0.15, -0.1) is 0 Å². The number of carbonyl (C=O) groups excluding carboxylic acids is 2. The zero-order valence-electron chi connectivity index (χ0n) is 17.0. The lowest BCUT2D eigenvalue weighted by Gasteiger charge is -2.45. The number of anilines is 1. The average Bonchev–Trinajstić information content (AvgIpc) is 3.09. The Morgan fingerprint density at radius 1 is 0.750 bits per heavy atom. The van der Waals surface area contributed by atoms with Gasteiger partial charge in [-0.1, -0.05) is 48.5 Å². The first-order chi connectivity index (χ1) is 15.6. The Kier molecular flexibility index (Phi) is 3.99. The second-order valence-corrected chi connectivity index (χ2v) is 8.45. The summed E-state index contributed by atoms with van der Waals surface area (Å²) in [4.78, 5) is 39.3. The number of aliphatic carboxylic acids is 1. The minimum atomic E-state index is -1.07. The molecule has 1 fully saturated rings. The number of carboxylic acid groups (broad SMARTS) is 1. The van der Waals surface area contributed by atoms with Crippen LogP contribution in [-0.4, -0.2) is 29.5 Å². The topological polar surface area (TPSA) is 83.9 Å². The maximum atomic E-state index is 13.7. The highest BCUT2D eigenvalue weighted by molar-refractivity contribution is 6.23. The molecule has 3 aromatic carbocycles. The third-order valence-electron chi connectivity index (χ3n) is 6.91. The van der Waals surface area contributed by atoms with Gasteiger partial charge in [0.2, 0.25) is 11.8 Å². The summed E-state index contributed by atoms with van der Waals surface area (Å²) in [5.41, 5.74) is 5.02. The maximum Gasteiger partial charge on any atom is 0.341 e. The summed E-state index contributed by atoms with van der Waals surface area (Å²) < 4.78 is 5.17. The quantitative estimate of drug-likeness (QED) is 0.647. The number of hydrogen-bond acceptors (Lipinski definition) is 4. The summed E-state index contributed by atoms with van der Waals surface area (Å²) in [6.07, 6.45) is 0. The molecule has 1 heterocycles. The van der Waals surface area contributed by atoms with Crippen molar-refractivity contribution in [3.05, 3.63) is 95.1 Å². The minimum Gasteiger partial charge on any atom is -0.482 e. The molecular weight excluding hydrogens is 406 g/mol. The second kappa shape index (κ2) is 6.79. The van der Waals surface area contributed by atoms with Crippen molar-refractivity contribution >= 4 is 23.5 Å². The van der Waals surface area contributed by atoms with Crippen LogP contribution in [0.25, 0.3) is 0 Å². The summed E-state index contributed by atoms with van der Waals surface area (Å²) in [7, 11) is 0. The van der Waals surface area contributed by atoms with Gasteiger partial charge in [0.25, 0.3) is 0 Å². The van der Waals surface area contributed by atoms with Crippen LogP contribution in [0.15, 0.2) is 72.8 Å². The van der Waals surface area contributed by atoms with Crippen LogP contribution >= 0.6 is 0 Å². The smallest absolute Gasteiger partial charge is 0.341 e. The highest BCUT2D eigenvalue weighted by Gasteiger charge is 2.61. The monoisotopic (exact) mass is 425 g/mol. The lowest BCUT2D eigenvalue weighted by Crippen LogP contribution is -2.41. The van der Waals surface area contributed by atoms with E-state index >= 15 is 0 Å². The molecule has 6 heteroatoms. The number of carbonyl (C=O) groups is 3. The average molecular weight is 425 g/mol. The molecular formula is C26H19NO5. The van der Waals surface area contributed by atoms with Crippen molar-refractivity contribution in [2.45, 2.75) is 11.8 Å². The van der Waals surface area contributed by atoms with E-state index in [0.717, 1.165) is 22.3 Å². The van der Waals surface area contributed by atoms with Gasteiger partial charge in [0, 0.05) is 11.8 Å². The Bertz CT molecular complexity index is 1170. The summed E-state index contributed by atoms with van der Waals surface area (Å²) in [5, 5.41) is 8.77. The van der Waals surface area contributed by atoms with E-state index in [1.54, 1.807) is 24.3 Å². The molecule has 32 heavy (non-hydrogen) atoms. The van der Waals surface area contributed by atoms with Crippen LogP contribution in [0, 0.1) is 11.8 Å². The number of amides is 2. The Balaban J connectivity index is 1.41. The first-order valence-corrected chi connectivity index (χ1v) is 10.6. The molecule has 6 nitrogen and oxygen atoms in total. The number of carboxylic acids is 1. The summed E-state index contributed by atoms with van der Waals surface area (Å²) in [6, 6.07) is 22.7. The molecule has 0 unspecified atom stereocenters. The van der Waals surface area contributed by atoms with Crippen molar-refractivity contribution in [1.29, 1.82) is 0 Å². The van der Waals surface area contributed by atoms with Gasteiger partial charge in [0.05, 0.1) is 17.5 Å². The number of rotatable bonds is 4. The molecule has 3 aliphatic carbocycles. The Hall–Kier alpha value is -3.93. The lowest BCUT2D eigenvalue weighted by atomic mass is 9.55. The molecule has 158 valence electrons. The van der Waals surface area contributed by atoms with Crippen LogP contribution in [0.1, 0.15) is 34.1 Å². The Morgan fingerprint density at radius 3 is 1.59 bits per heavy atom. The number of nitrogens with zero attached hydrogens (tertiary/aromatic N) is 1. The molecule has 2 bridgehead atoms. The van der Waals surface area contributed by atoms with E-state index in [1.165, 1.54) is 4.90 Å². The number of ether oxygens (including phenoxy) is 1. The SMILES string of the molecule is O=C(O)COc1ccc(N2C(=O)[C@H]3C4c5ccccc5C(c5ccccc54)[C@@H]3C2=O)cc1. The third-order valence-corrected chi connectivity index (χ3v) is 6.91. The molecule has 4 aliphatic rings. The van der Waals surface area contributed by atoms with E-state index < -0.39 is 24.4 Å². The van der Waals surface area contributed by atoms with Crippen molar-refractivity contribution in [2.24, 2.45) is 11.8 Å². The van der Waals surface area contributed by atoms with Crippen LogP contribution in [0.2, 0.25) is 0 Å². The fourth-order valence-electron chi connectivity index (χ4n) is 5.77. The van der Waals surface area contributed by atoms with Crippen LogP contribution < -0.4 is 9.64 Å². The maximum absolute atomic E-state index is 13.7. The number of imide groups is 1. The van der Waals surface area contributed by atoms with Crippen LogP contribution in [0.4, 0.5) is 5.69 Å². The Labute approximate surface area is 184 Å². The van der Waals surface area contributed by atoms with Gasteiger partial charge < -0.3 is 9.84 Å². The summed E-state index contributed by atoms with van der Waals surface area (Å²) in [5.74, 6) is -2.21. The van der Waals surface area contributed by atoms with Gasteiger partial charge in [-0.2, -0.15) is 0 Å². The number of hydrogen-bond donors (Lipinski definition) is 1. The van der Waals surface area contributed by atoms with E-state index in [9.17, 15) is 14.4 Å². The predicted octanol–water partition coefficient (Wildman–Crippen LogP) is 3.55. The summed E-state index contributed by atoms with van der Waals surface area (Å²) >= 11 is 0. The zero-order valence-corrected chi connectivity index (χ0v) is 17.0. The first kappa shape index (κ1) is 18.8. The molecule has 1 N–H and O–H groups in total. The van der Waals surface area contributed by atoms with Crippen LogP contribution in [0.3, 0.4) is 0 Å². The van der Waals surface area contributed by atoms with Gasteiger partial charge >= 0.3 is 5.97 Å². The van der Waals surface area contributed by atoms with E-state index in [-0.39, 0.29) is 23.7 Å². The van der Waals surface area contributed by atoms with Crippen LogP contribution in [0.5, 0.6) is 5.75 Å². The molecule has 0 radical (unpaired) electrons. The summed E-state index contributed by atoms with van der Waals surface area (Å²) in [6.45, 7) is -0.453. The fraction of sp³-hybridized carbons (Fsp3) is 0.192. The van der Waals surface area contributed by atoms with Gasteiger partial charge in [-0.05, 0) is 46.5 Å². The number of benzene rings is 3. The predicted molar refractivity (Wildman–Crippen MR) is 116 cm³/mol. The zero-order chi connectivity index (χ0) is 22.0. The van der Waals surface area contributed by atoms with E-state index in [1.807, 2.05) is 24.3 Å². The van der Waals surface area contributed by atoms with E-state index in [4.69, 9.17) is 9.84 Å². The lowest BCUT2D eigenvalue weighted by molar-refractivity contribution is -0.139. The fourth-order valence-corrected chi connectivity index (χ4v) is 5.77. The highest BCUT2D eigenvalue weighted by atomic mass is 16.5. The molecule has 0 aromatic heterocycles. The van der Waals surface area contributed by atoms with Crippen molar-refractivity contribution < 1.29 is 24.2 Å². The van der Waals surface area contributed by atoms with E-state index in [0.29, 0.717) is 11.4 Å². The van der Waals surface area contributed by atoms with Gasteiger partial charge in [-0.25, -0.2) is 9.69 Å². The second-order valence-electron chi connectivity index (χ2n) is 8.45.